The third kappa shape index (κ3) is 4.15. The summed E-state index contributed by atoms with van der Waals surface area (Å²) in [6.45, 7) is -0.601. The van der Waals surface area contributed by atoms with E-state index in [4.69, 9.17) is 10.9 Å². The molecule has 0 spiro atoms. The lowest BCUT2D eigenvalue weighted by Gasteiger charge is -2.16. The number of rotatable bonds is 6. The van der Waals surface area contributed by atoms with Crippen molar-refractivity contribution in [2.75, 3.05) is 6.54 Å². The highest BCUT2D eigenvalue weighted by molar-refractivity contribution is 6.08. The minimum absolute atomic E-state index is 0.249. The predicted octanol–water partition coefficient (Wildman–Crippen LogP) is -1.69. The van der Waals surface area contributed by atoms with E-state index in [1.54, 1.807) is 0 Å². The van der Waals surface area contributed by atoms with E-state index in [1.165, 1.54) is 5.48 Å². The zero-order valence-corrected chi connectivity index (χ0v) is 12.8. The van der Waals surface area contributed by atoms with E-state index < -0.39 is 42.3 Å². The Morgan fingerprint density at radius 2 is 1.96 bits per heavy atom. The lowest BCUT2D eigenvalue weighted by atomic mass is 10.1. The third-order valence-electron chi connectivity index (χ3n) is 3.62. The van der Waals surface area contributed by atoms with Crippen molar-refractivity contribution in [3.05, 3.63) is 35.9 Å². The topological polar surface area (TPSA) is 142 Å². The van der Waals surface area contributed by atoms with Gasteiger partial charge in [-0.1, -0.05) is 30.3 Å². The normalized spacial score (nSPS) is 18.4. The number of carbonyl (C=O) groups is 4. The number of hydroxylamine groups is 1. The number of hydrogen-bond acceptors (Lipinski definition) is 6. The Balaban J connectivity index is 1.93. The van der Waals surface area contributed by atoms with Crippen LogP contribution in [0.5, 0.6) is 0 Å². The quantitative estimate of drug-likeness (QED) is 0.278. The van der Waals surface area contributed by atoms with Crippen molar-refractivity contribution in [2.24, 2.45) is 5.73 Å². The van der Waals surface area contributed by atoms with Crippen molar-refractivity contribution in [3.63, 3.8) is 0 Å². The maximum Gasteiger partial charge on any atom is 0.263 e. The summed E-state index contributed by atoms with van der Waals surface area (Å²) >= 11 is 0. The summed E-state index contributed by atoms with van der Waals surface area (Å²) in [4.78, 5) is 47.7. The minimum Gasteiger partial charge on any atom is -0.342 e. The van der Waals surface area contributed by atoms with Crippen molar-refractivity contribution < 1.29 is 24.4 Å². The summed E-state index contributed by atoms with van der Waals surface area (Å²) in [5, 5.41) is 10.9. The Hall–Kier alpha value is -2.78. The molecule has 0 aliphatic carbocycles. The SMILES string of the molecule is NC(Cc1ccccc1)C(=O)N[C@H]1CC(=O)N(CC(=O)NO)C1=O. The second kappa shape index (κ2) is 7.66. The van der Waals surface area contributed by atoms with Gasteiger partial charge in [0.15, 0.2) is 0 Å². The van der Waals surface area contributed by atoms with Crippen LogP contribution in [0.25, 0.3) is 0 Å². The number of hydrogen-bond donors (Lipinski definition) is 4. The molecular weight excluding hydrogens is 316 g/mol. The van der Waals surface area contributed by atoms with Gasteiger partial charge < -0.3 is 11.1 Å². The van der Waals surface area contributed by atoms with Gasteiger partial charge in [0.05, 0.1) is 12.5 Å². The van der Waals surface area contributed by atoms with Crippen LogP contribution in [-0.2, 0) is 25.6 Å². The molecule has 1 aliphatic heterocycles. The van der Waals surface area contributed by atoms with Gasteiger partial charge in [0.25, 0.3) is 11.8 Å². The molecule has 1 saturated heterocycles. The molecule has 1 aromatic rings. The van der Waals surface area contributed by atoms with Crippen LogP contribution in [0, 0.1) is 0 Å². The van der Waals surface area contributed by atoms with Gasteiger partial charge in [0.2, 0.25) is 11.8 Å². The highest BCUT2D eigenvalue weighted by atomic mass is 16.5. The van der Waals surface area contributed by atoms with Crippen molar-refractivity contribution in [1.29, 1.82) is 0 Å². The summed E-state index contributed by atoms with van der Waals surface area (Å²) in [6.07, 6.45) is 0.0412. The summed E-state index contributed by atoms with van der Waals surface area (Å²) < 4.78 is 0. The highest BCUT2D eigenvalue weighted by Gasteiger charge is 2.40. The van der Waals surface area contributed by atoms with Crippen LogP contribution < -0.4 is 16.5 Å². The molecule has 9 heteroatoms. The molecule has 1 heterocycles. The third-order valence-corrected chi connectivity index (χ3v) is 3.62. The first-order valence-electron chi connectivity index (χ1n) is 7.29. The smallest absolute Gasteiger partial charge is 0.263 e. The van der Waals surface area contributed by atoms with Gasteiger partial charge in [-0.25, -0.2) is 5.48 Å². The average molecular weight is 334 g/mol. The van der Waals surface area contributed by atoms with Crippen LogP contribution in [0.1, 0.15) is 12.0 Å². The Morgan fingerprint density at radius 3 is 2.58 bits per heavy atom. The molecule has 2 atom stereocenters. The molecule has 128 valence electrons. The fourth-order valence-electron chi connectivity index (χ4n) is 2.38. The Kier molecular flexibility index (Phi) is 5.61. The Bertz CT molecular complexity index is 649. The number of imide groups is 1. The molecule has 5 N–H and O–H groups in total. The van der Waals surface area contributed by atoms with E-state index in [0.29, 0.717) is 4.90 Å². The first-order valence-corrected chi connectivity index (χ1v) is 7.29. The average Bonchev–Trinajstić information content (AvgIpc) is 2.83. The van der Waals surface area contributed by atoms with Gasteiger partial charge in [-0.15, -0.1) is 0 Å². The van der Waals surface area contributed by atoms with Gasteiger partial charge in [-0.2, -0.15) is 0 Å². The van der Waals surface area contributed by atoms with Crippen LogP contribution >= 0.6 is 0 Å². The van der Waals surface area contributed by atoms with Crippen molar-refractivity contribution in [3.8, 4) is 0 Å². The molecule has 1 fully saturated rings. The fraction of sp³-hybridized carbons (Fsp3) is 0.333. The molecule has 0 aromatic heterocycles. The maximum absolute atomic E-state index is 12.1. The standard InChI is InChI=1S/C15H18N4O5/c16-10(6-9-4-2-1-3-5-9)14(22)17-11-7-13(21)19(15(11)23)8-12(20)18-24/h1-5,10-11,24H,6-8,16H2,(H,17,22)(H,18,20)/t10?,11-/m0/s1. The molecule has 0 radical (unpaired) electrons. The number of nitrogens with one attached hydrogen (secondary N) is 2. The zero-order chi connectivity index (χ0) is 17.7. The Labute approximate surface area is 137 Å². The lowest BCUT2D eigenvalue weighted by Crippen LogP contribution is -2.49. The number of likely N-dealkylation sites (tertiary alicyclic amines) is 1. The number of amides is 4. The fourth-order valence-corrected chi connectivity index (χ4v) is 2.38. The number of benzene rings is 1. The van der Waals surface area contributed by atoms with Crippen molar-refractivity contribution in [1.82, 2.24) is 15.7 Å². The van der Waals surface area contributed by atoms with Gasteiger partial charge in [0, 0.05) is 0 Å². The van der Waals surface area contributed by atoms with E-state index in [0.717, 1.165) is 5.56 Å². The molecule has 0 bridgehead atoms. The lowest BCUT2D eigenvalue weighted by molar-refractivity contribution is -0.145. The maximum atomic E-state index is 12.1. The molecule has 0 saturated carbocycles. The van der Waals surface area contributed by atoms with E-state index in [9.17, 15) is 19.2 Å². The molecular formula is C15H18N4O5. The highest BCUT2D eigenvalue weighted by Crippen LogP contribution is 2.13. The van der Waals surface area contributed by atoms with E-state index >= 15 is 0 Å². The summed E-state index contributed by atoms with van der Waals surface area (Å²) in [6, 6.07) is 7.21. The largest absolute Gasteiger partial charge is 0.342 e. The van der Waals surface area contributed by atoms with Crippen LogP contribution in [0.4, 0.5) is 0 Å². The zero-order valence-electron chi connectivity index (χ0n) is 12.8. The molecule has 2 rings (SSSR count). The second-order valence-electron chi connectivity index (χ2n) is 5.41. The van der Waals surface area contributed by atoms with E-state index in [-0.39, 0.29) is 12.8 Å². The number of nitrogens with zero attached hydrogens (tertiary/aromatic N) is 1. The summed E-state index contributed by atoms with van der Waals surface area (Å²) in [5.74, 6) is -2.77. The minimum atomic E-state index is -1.06. The van der Waals surface area contributed by atoms with Crippen molar-refractivity contribution >= 4 is 23.6 Å². The monoisotopic (exact) mass is 334 g/mol. The predicted molar refractivity (Wildman–Crippen MR) is 81.3 cm³/mol. The molecule has 24 heavy (non-hydrogen) atoms. The number of nitrogens with two attached hydrogens (primary N) is 1. The molecule has 1 unspecified atom stereocenters. The Morgan fingerprint density at radius 1 is 1.29 bits per heavy atom. The van der Waals surface area contributed by atoms with Gasteiger partial charge >= 0.3 is 0 Å². The first kappa shape index (κ1) is 17.6. The molecule has 4 amide bonds. The van der Waals surface area contributed by atoms with Crippen LogP contribution in [0.15, 0.2) is 30.3 Å². The summed E-state index contributed by atoms with van der Waals surface area (Å²) in [7, 11) is 0. The van der Waals surface area contributed by atoms with Gasteiger partial charge in [-0.05, 0) is 12.0 Å². The molecule has 1 aliphatic rings. The van der Waals surface area contributed by atoms with Crippen molar-refractivity contribution in [2.45, 2.75) is 24.9 Å². The van der Waals surface area contributed by atoms with Crippen LogP contribution in [-0.4, -0.2) is 52.4 Å². The van der Waals surface area contributed by atoms with E-state index in [2.05, 4.69) is 5.32 Å². The van der Waals surface area contributed by atoms with Gasteiger partial charge in [-0.3, -0.25) is 29.3 Å². The van der Waals surface area contributed by atoms with Crippen LogP contribution in [0.2, 0.25) is 0 Å². The number of carbonyl (C=O) groups excluding carboxylic acids is 4. The van der Waals surface area contributed by atoms with E-state index in [1.807, 2.05) is 30.3 Å². The molecule has 1 aromatic carbocycles. The second-order valence-corrected chi connectivity index (χ2v) is 5.41. The van der Waals surface area contributed by atoms with Crippen LogP contribution in [0.3, 0.4) is 0 Å². The first-order chi connectivity index (χ1) is 11.4. The van der Waals surface area contributed by atoms with Gasteiger partial charge in [0.1, 0.15) is 12.6 Å². The summed E-state index contributed by atoms with van der Waals surface area (Å²) in [5.41, 5.74) is 8.04. The molecule has 9 nitrogen and oxygen atoms in total.